The number of imidazole rings is 1. The van der Waals surface area contributed by atoms with E-state index in [2.05, 4.69) is 4.98 Å². The molecule has 0 atom stereocenters. The summed E-state index contributed by atoms with van der Waals surface area (Å²) < 4.78 is 55.5. The zero-order valence-electron chi connectivity index (χ0n) is 10.7. The van der Waals surface area contributed by atoms with Gasteiger partial charge >= 0.3 is 0 Å². The lowest BCUT2D eigenvalue weighted by Gasteiger charge is -2.08. The lowest BCUT2D eigenvalue weighted by molar-refractivity contribution is 0.535. The Bertz CT molecular complexity index is 904. The van der Waals surface area contributed by atoms with Gasteiger partial charge in [-0.25, -0.2) is 17.6 Å². The molecule has 0 aliphatic rings. The highest BCUT2D eigenvalue weighted by Crippen LogP contribution is 2.26. The van der Waals surface area contributed by atoms with Crippen LogP contribution in [0.3, 0.4) is 0 Å². The molecule has 0 spiro atoms. The predicted molar refractivity (Wildman–Crippen MR) is 73.0 cm³/mol. The summed E-state index contributed by atoms with van der Waals surface area (Å²) >= 11 is 5.03. The summed E-state index contributed by atoms with van der Waals surface area (Å²) in [4.78, 5) is 2.67. The van der Waals surface area contributed by atoms with Crippen molar-refractivity contribution in [1.82, 2.24) is 9.55 Å². The molecule has 0 aliphatic heterocycles. The number of fused-ring (bicyclic) bond motifs is 1. The molecule has 1 heterocycles. The highest BCUT2D eigenvalue weighted by atomic mass is 32.1. The van der Waals surface area contributed by atoms with Crippen LogP contribution < -0.4 is 0 Å². The Hall–Kier alpha value is -2.15. The molecule has 108 valence electrons. The fraction of sp³-hybridized carbons (Fsp3) is 0.0714. The molecule has 0 saturated heterocycles. The number of rotatable bonds is 1. The van der Waals surface area contributed by atoms with E-state index in [9.17, 15) is 17.6 Å². The van der Waals surface area contributed by atoms with Crippen LogP contribution in [0.2, 0.25) is 0 Å². The van der Waals surface area contributed by atoms with Crippen molar-refractivity contribution in [3.63, 3.8) is 0 Å². The maximum absolute atomic E-state index is 13.9. The molecule has 0 aliphatic carbocycles. The minimum absolute atomic E-state index is 0.0144. The summed E-state index contributed by atoms with van der Waals surface area (Å²) in [6.07, 6.45) is 0. The van der Waals surface area contributed by atoms with Gasteiger partial charge < -0.3 is 4.98 Å². The van der Waals surface area contributed by atoms with Crippen LogP contribution in [0.15, 0.2) is 24.3 Å². The molecule has 0 radical (unpaired) electrons. The Balaban J connectivity index is 2.44. The summed E-state index contributed by atoms with van der Waals surface area (Å²) in [6.45, 7) is 1.52. The van der Waals surface area contributed by atoms with Gasteiger partial charge in [0.1, 0.15) is 17.3 Å². The van der Waals surface area contributed by atoms with Crippen molar-refractivity contribution in [3.05, 3.63) is 57.9 Å². The average Bonchev–Trinajstić information content (AvgIpc) is 2.66. The van der Waals surface area contributed by atoms with Crippen molar-refractivity contribution in [2.45, 2.75) is 6.92 Å². The molecule has 1 N–H and O–H groups in total. The van der Waals surface area contributed by atoms with Crippen molar-refractivity contribution in [2.75, 3.05) is 0 Å². The second-order valence-corrected chi connectivity index (χ2v) is 4.99. The molecule has 3 rings (SSSR count). The van der Waals surface area contributed by atoms with Gasteiger partial charge in [0.15, 0.2) is 16.4 Å². The number of benzene rings is 2. The fourth-order valence-electron chi connectivity index (χ4n) is 2.20. The van der Waals surface area contributed by atoms with Crippen molar-refractivity contribution in [2.24, 2.45) is 0 Å². The largest absolute Gasteiger partial charge is 0.330 e. The molecular weight excluding hydrogens is 304 g/mol. The van der Waals surface area contributed by atoms with Crippen LogP contribution in [-0.2, 0) is 0 Å². The van der Waals surface area contributed by atoms with Crippen LogP contribution in [0, 0.1) is 35.0 Å². The number of hydrogen-bond acceptors (Lipinski definition) is 1. The fourth-order valence-corrected chi connectivity index (χ4v) is 2.50. The second kappa shape index (κ2) is 4.70. The third kappa shape index (κ3) is 2.13. The first-order chi connectivity index (χ1) is 9.88. The summed E-state index contributed by atoms with van der Waals surface area (Å²) in [5, 5.41) is 0. The van der Waals surface area contributed by atoms with E-state index in [1.807, 2.05) is 0 Å². The number of nitrogens with zero attached hydrogens (tertiary/aromatic N) is 1. The van der Waals surface area contributed by atoms with Crippen molar-refractivity contribution in [3.8, 4) is 5.69 Å². The van der Waals surface area contributed by atoms with Gasteiger partial charge in [-0.05, 0) is 36.8 Å². The van der Waals surface area contributed by atoms with Crippen LogP contribution in [0.4, 0.5) is 17.6 Å². The number of hydrogen-bond donors (Lipinski definition) is 1. The van der Waals surface area contributed by atoms with E-state index in [0.717, 1.165) is 4.57 Å². The van der Waals surface area contributed by atoms with Crippen molar-refractivity contribution < 1.29 is 17.6 Å². The number of nitrogens with one attached hydrogen (secondary N) is 1. The Morgan fingerprint density at radius 2 is 1.57 bits per heavy atom. The molecule has 7 heteroatoms. The summed E-state index contributed by atoms with van der Waals surface area (Å²) in [6, 6.07) is 3.74. The molecule has 0 bridgehead atoms. The Morgan fingerprint density at radius 1 is 0.952 bits per heavy atom. The highest BCUT2D eigenvalue weighted by molar-refractivity contribution is 7.71. The SMILES string of the molecule is Cc1cc2c(cc1F)[nH]c(=S)n2-c1c(F)cc(F)cc1F. The number of aromatic amines is 1. The van der Waals surface area contributed by atoms with E-state index in [1.54, 1.807) is 0 Å². The van der Waals surface area contributed by atoms with Gasteiger partial charge in [0, 0.05) is 12.1 Å². The number of H-pyrrole nitrogens is 1. The first-order valence-electron chi connectivity index (χ1n) is 5.94. The summed E-state index contributed by atoms with van der Waals surface area (Å²) in [5.41, 5.74) is 0.404. The molecular formula is C14H8F4N2S. The number of halogens is 4. The quantitative estimate of drug-likeness (QED) is 0.516. The first-order valence-corrected chi connectivity index (χ1v) is 6.35. The number of aryl methyl sites for hydroxylation is 1. The van der Waals surface area contributed by atoms with Gasteiger partial charge in [0.2, 0.25) is 0 Å². The number of aromatic nitrogens is 2. The maximum atomic E-state index is 13.9. The van der Waals surface area contributed by atoms with Gasteiger partial charge in [-0.15, -0.1) is 0 Å². The molecule has 0 fully saturated rings. The standard InChI is InChI=1S/C14H8F4N2S/c1-6-2-12-11(5-8(6)16)19-14(21)20(12)13-9(17)3-7(15)4-10(13)18/h2-5H,1H3,(H,19,21). The molecule has 1 aromatic heterocycles. The molecule has 2 aromatic carbocycles. The molecule has 0 unspecified atom stereocenters. The van der Waals surface area contributed by atoms with Crippen LogP contribution in [0.1, 0.15) is 5.56 Å². The monoisotopic (exact) mass is 312 g/mol. The minimum Gasteiger partial charge on any atom is -0.330 e. The molecule has 2 nitrogen and oxygen atoms in total. The van der Waals surface area contributed by atoms with E-state index >= 15 is 0 Å². The van der Waals surface area contributed by atoms with Crippen LogP contribution in [0.5, 0.6) is 0 Å². The third-order valence-corrected chi connectivity index (χ3v) is 3.45. The Labute approximate surface area is 121 Å². The van der Waals surface area contributed by atoms with Gasteiger partial charge in [0.25, 0.3) is 0 Å². The topological polar surface area (TPSA) is 20.7 Å². The van der Waals surface area contributed by atoms with Gasteiger partial charge in [0.05, 0.1) is 11.0 Å². The zero-order valence-corrected chi connectivity index (χ0v) is 11.5. The van der Waals surface area contributed by atoms with Gasteiger partial charge in [-0.3, -0.25) is 4.57 Å². The zero-order chi connectivity index (χ0) is 15.3. The second-order valence-electron chi connectivity index (χ2n) is 4.60. The predicted octanol–water partition coefficient (Wildman–Crippen LogP) is 4.55. The van der Waals surface area contributed by atoms with Crippen molar-refractivity contribution in [1.29, 1.82) is 0 Å². The van der Waals surface area contributed by atoms with E-state index in [-0.39, 0.29) is 4.77 Å². The van der Waals surface area contributed by atoms with Crippen molar-refractivity contribution >= 4 is 23.3 Å². The molecule has 0 saturated carbocycles. The van der Waals surface area contributed by atoms with E-state index in [4.69, 9.17) is 12.2 Å². The van der Waals surface area contributed by atoms with E-state index in [0.29, 0.717) is 28.7 Å². The molecule has 0 amide bonds. The first kappa shape index (κ1) is 13.8. The Morgan fingerprint density at radius 3 is 2.19 bits per heavy atom. The van der Waals surface area contributed by atoms with E-state index in [1.165, 1.54) is 19.1 Å². The average molecular weight is 312 g/mol. The highest BCUT2D eigenvalue weighted by Gasteiger charge is 2.18. The Kier molecular flexibility index (Phi) is 3.09. The van der Waals surface area contributed by atoms with Crippen LogP contribution in [0.25, 0.3) is 16.7 Å². The van der Waals surface area contributed by atoms with Gasteiger partial charge in [-0.2, -0.15) is 0 Å². The van der Waals surface area contributed by atoms with Gasteiger partial charge in [-0.1, -0.05) is 0 Å². The minimum atomic E-state index is -1.09. The normalized spacial score (nSPS) is 11.3. The summed E-state index contributed by atoms with van der Waals surface area (Å²) in [5.74, 6) is -3.67. The maximum Gasteiger partial charge on any atom is 0.182 e. The van der Waals surface area contributed by atoms with Crippen LogP contribution in [-0.4, -0.2) is 9.55 Å². The lowest BCUT2D eigenvalue weighted by Crippen LogP contribution is -2.03. The summed E-state index contributed by atoms with van der Waals surface area (Å²) in [7, 11) is 0. The van der Waals surface area contributed by atoms with E-state index < -0.39 is 29.0 Å². The smallest absolute Gasteiger partial charge is 0.182 e. The molecule has 3 aromatic rings. The lowest BCUT2D eigenvalue weighted by atomic mass is 10.2. The molecule has 21 heavy (non-hydrogen) atoms. The third-order valence-electron chi connectivity index (χ3n) is 3.17. The van der Waals surface area contributed by atoms with Crippen LogP contribution >= 0.6 is 12.2 Å².